The number of amides is 1. The fraction of sp³-hybridized carbons (Fsp3) is 0.211. The second-order valence-electron chi connectivity index (χ2n) is 5.49. The van der Waals surface area contributed by atoms with Crippen LogP contribution in [0.4, 0.5) is 0 Å². The van der Waals surface area contributed by atoms with Crippen molar-refractivity contribution in [2.45, 2.75) is 25.7 Å². The molecule has 0 atom stereocenters. The van der Waals surface area contributed by atoms with Gasteiger partial charge in [-0.2, -0.15) is 4.98 Å². The minimum atomic E-state index is -0.413. The summed E-state index contributed by atoms with van der Waals surface area (Å²) in [6.45, 7) is 0.311. The first kappa shape index (κ1) is 22.4. The number of hydrogen-bond acceptors (Lipinski definition) is 8. The molecule has 10 heteroatoms. The summed E-state index contributed by atoms with van der Waals surface area (Å²) in [7, 11) is 1.54. The van der Waals surface area contributed by atoms with Gasteiger partial charge in [0.15, 0.2) is 5.16 Å². The first-order valence-electron chi connectivity index (χ1n) is 8.12. The van der Waals surface area contributed by atoms with Crippen molar-refractivity contribution in [1.29, 1.82) is 0 Å². The third-order valence-electron chi connectivity index (χ3n) is 3.60. The van der Waals surface area contributed by atoms with E-state index in [0.717, 1.165) is 5.56 Å². The largest absolute Gasteiger partial charge is 0.495 e. The Labute approximate surface area is 179 Å². The summed E-state index contributed by atoms with van der Waals surface area (Å²) in [4.78, 5) is 28.7. The third-order valence-corrected chi connectivity index (χ3v) is 4.11. The lowest BCUT2D eigenvalue weighted by Gasteiger charge is -2.11. The van der Waals surface area contributed by atoms with Gasteiger partial charge in [0.25, 0.3) is 5.91 Å². The highest BCUT2D eigenvalue weighted by Gasteiger charge is 2.16. The summed E-state index contributed by atoms with van der Waals surface area (Å²) in [5.41, 5.74) is 0.961. The molecule has 0 fully saturated rings. The summed E-state index contributed by atoms with van der Waals surface area (Å²) in [5.74, 6) is 0.744. The van der Waals surface area contributed by atoms with Crippen molar-refractivity contribution in [3.8, 4) is 11.6 Å². The van der Waals surface area contributed by atoms with E-state index in [9.17, 15) is 4.79 Å². The van der Waals surface area contributed by atoms with E-state index in [1.165, 1.54) is 13.3 Å². The van der Waals surface area contributed by atoms with Crippen molar-refractivity contribution < 1.29 is 14.3 Å². The van der Waals surface area contributed by atoms with E-state index in [-0.39, 0.29) is 37.2 Å². The zero-order chi connectivity index (χ0) is 19.9. The van der Waals surface area contributed by atoms with Gasteiger partial charge in [-0.15, -0.1) is 12.6 Å². The van der Waals surface area contributed by atoms with Crippen LogP contribution >= 0.6 is 24.2 Å². The molecule has 3 aromatic rings. The van der Waals surface area contributed by atoms with Crippen LogP contribution < -0.4 is 14.8 Å². The first-order chi connectivity index (χ1) is 13.6. The Morgan fingerprint density at radius 2 is 2.00 bits per heavy atom. The van der Waals surface area contributed by atoms with Crippen molar-refractivity contribution >= 4 is 30.1 Å². The van der Waals surface area contributed by atoms with E-state index in [0.29, 0.717) is 16.6 Å². The zero-order valence-corrected chi connectivity index (χ0v) is 16.4. The Balaban J connectivity index is 0.00000300. The van der Waals surface area contributed by atoms with Crippen molar-refractivity contribution in [1.82, 2.24) is 25.3 Å². The smallest absolute Gasteiger partial charge is 0.258 e. The molecule has 0 aliphatic carbocycles. The van der Waals surface area contributed by atoms with Crippen LogP contribution in [0, 0.1) is 0 Å². The highest BCUT2D eigenvalue weighted by atomic mass is 35.5. The summed E-state index contributed by atoms with van der Waals surface area (Å²) in [6.07, 6.45) is 4.55. The maximum atomic E-state index is 12.5. The Hall–Kier alpha value is -2.91. The predicted molar refractivity (Wildman–Crippen MR) is 112 cm³/mol. The summed E-state index contributed by atoms with van der Waals surface area (Å²) >= 11 is 10.2. The van der Waals surface area contributed by atoms with Crippen LogP contribution in [0.3, 0.4) is 0 Å². The van der Waals surface area contributed by atoms with Crippen molar-refractivity contribution in [2.75, 3.05) is 7.11 Å². The normalized spacial score (nSPS) is 10.0. The van der Waals surface area contributed by atoms with Crippen molar-refractivity contribution in [3.63, 3.8) is 0 Å². The second-order valence-corrected chi connectivity index (χ2v) is 6.30. The lowest BCUT2D eigenvalue weighted by Crippen LogP contribution is -2.25. The molecule has 1 amide bonds. The van der Waals surface area contributed by atoms with E-state index < -0.39 is 5.91 Å². The molecule has 0 unspecified atom stereocenters. The standard InChI is InChI=1S/C18H16ClN5O3S.CH4/c1-26-14-4-3-11(7-13(14)19)10-27-17-12(8-23-18(28)24-17)16(25)22-9-15-20-5-2-6-21-15;/h2-8H,9-10H2,1H3,(H,22,25)(H,23,24,28);1H4. The molecule has 0 bridgehead atoms. The lowest BCUT2D eigenvalue weighted by molar-refractivity contribution is 0.0943. The van der Waals surface area contributed by atoms with Gasteiger partial charge in [0.05, 0.1) is 18.7 Å². The van der Waals surface area contributed by atoms with E-state index in [1.807, 2.05) is 0 Å². The van der Waals surface area contributed by atoms with Gasteiger partial charge in [0.2, 0.25) is 5.88 Å². The lowest BCUT2D eigenvalue weighted by atomic mass is 10.2. The maximum Gasteiger partial charge on any atom is 0.258 e. The number of rotatable bonds is 7. The van der Waals surface area contributed by atoms with E-state index >= 15 is 0 Å². The molecule has 2 aromatic heterocycles. The van der Waals surface area contributed by atoms with Gasteiger partial charge in [-0.05, 0) is 23.8 Å². The van der Waals surface area contributed by atoms with Crippen molar-refractivity contribution in [2.24, 2.45) is 0 Å². The molecule has 0 radical (unpaired) electrons. The van der Waals surface area contributed by atoms with Crippen LogP contribution in [0.2, 0.25) is 5.02 Å². The Kier molecular flexibility index (Phi) is 8.17. The molecular formula is C19H20ClN5O3S. The number of hydrogen-bond donors (Lipinski definition) is 2. The van der Waals surface area contributed by atoms with Crippen molar-refractivity contribution in [3.05, 3.63) is 64.8 Å². The number of carbonyl (C=O) groups is 1. The van der Waals surface area contributed by atoms with Crippen LogP contribution in [-0.4, -0.2) is 33.0 Å². The molecule has 1 aromatic carbocycles. The molecule has 29 heavy (non-hydrogen) atoms. The monoisotopic (exact) mass is 433 g/mol. The number of nitrogens with one attached hydrogen (secondary N) is 1. The Morgan fingerprint density at radius 1 is 1.24 bits per heavy atom. The fourth-order valence-electron chi connectivity index (χ4n) is 2.25. The van der Waals surface area contributed by atoms with E-state index in [1.54, 1.807) is 36.7 Å². The number of aromatic nitrogens is 4. The molecule has 152 valence electrons. The molecule has 2 heterocycles. The summed E-state index contributed by atoms with van der Waals surface area (Å²) in [6, 6.07) is 6.95. The van der Waals surface area contributed by atoms with Crippen LogP contribution in [0.1, 0.15) is 29.2 Å². The van der Waals surface area contributed by atoms with Gasteiger partial charge >= 0.3 is 0 Å². The molecule has 0 saturated carbocycles. The maximum absolute atomic E-state index is 12.5. The van der Waals surface area contributed by atoms with E-state index in [2.05, 4.69) is 37.9 Å². The molecular weight excluding hydrogens is 414 g/mol. The average molecular weight is 434 g/mol. The molecule has 3 rings (SSSR count). The van der Waals surface area contributed by atoms with Crippen LogP contribution in [0.25, 0.3) is 0 Å². The second kappa shape index (κ2) is 10.6. The molecule has 0 saturated heterocycles. The number of nitrogens with zero attached hydrogens (tertiary/aromatic N) is 4. The number of halogens is 1. The zero-order valence-electron chi connectivity index (χ0n) is 14.8. The minimum absolute atomic E-state index is 0. The minimum Gasteiger partial charge on any atom is -0.495 e. The topological polar surface area (TPSA) is 99.1 Å². The van der Waals surface area contributed by atoms with Crippen LogP contribution in [0.15, 0.2) is 48.0 Å². The predicted octanol–water partition coefficient (Wildman–Crippen LogP) is 3.36. The van der Waals surface area contributed by atoms with Gasteiger partial charge in [-0.25, -0.2) is 15.0 Å². The number of benzene rings is 1. The number of carbonyl (C=O) groups excluding carboxylic acids is 1. The molecule has 0 aliphatic heterocycles. The molecule has 0 spiro atoms. The Bertz CT molecular complexity index is 975. The fourth-order valence-corrected chi connectivity index (χ4v) is 2.68. The van der Waals surface area contributed by atoms with Gasteiger partial charge in [-0.1, -0.05) is 25.1 Å². The Morgan fingerprint density at radius 3 is 2.69 bits per heavy atom. The molecule has 0 aliphatic rings. The molecule has 8 nitrogen and oxygen atoms in total. The highest BCUT2D eigenvalue weighted by molar-refractivity contribution is 7.80. The van der Waals surface area contributed by atoms with Gasteiger partial charge in [0, 0.05) is 18.6 Å². The number of thiol groups is 1. The van der Waals surface area contributed by atoms with Crippen LogP contribution in [0.5, 0.6) is 11.6 Å². The first-order valence-corrected chi connectivity index (χ1v) is 8.94. The SMILES string of the molecule is C.COc1ccc(COc2nc(S)ncc2C(=O)NCc2ncccn2)cc1Cl. The quantitative estimate of drug-likeness (QED) is 0.435. The van der Waals surface area contributed by atoms with E-state index in [4.69, 9.17) is 21.1 Å². The average Bonchev–Trinajstić information content (AvgIpc) is 2.71. The summed E-state index contributed by atoms with van der Waals surface area (Å²) < 4.78 is 10.8. The summed E-state index contributed by atoms with van der Waals surface area (Å²) in [5, 5.41) is 3.36. The van der Waals surface area contributed by atoms with Gasteiger partial charge in [0.1, 0.15) is 23.7 Å². The number of ether oxygens (including phenoxy) is 2. The van der Waals surface area contributed by atoms with Crippen LogP contribution in [-0.2, 0) is 13.2 Å². The van der Waals surface area contributed by atoms with Gasteiger partial charge in [-0.3, -0.25) is 4.79 Å². The number of methoxy groups -OCH3 is 1. The molecule has 1 N–H and O–H groups in total. The third kappa shape index (κ3) is 6.03. The highest BCUT2D eigenvalue weighted by Crippen LogP contribution is 2.26. The van der Waals surface area contributed by atoms with Gasteiger partial charge < -0.3 is 14.8 Å².